The number of ether oxygens (including phenoxy) is 1. The van der Waals surface area contributed by atoms with Crippen LogP contribution in [-0.4, -0.2) is 48.3 Å². The van der Waals surface area contributed by atoms with E-state index in [1.54, 1.807) is 0 Å². The summed E-state index contributed by atoms with van der Waals surface area (Å²) in [6.07, 6.45) is -1.92. The molecule has 0 spiro atoms. The number of likely N-dealkylation sites (tertiary alicyclic amines) is 1. The minimum atomic E-state index is -2.87. The number of alkyl halides is 2. The van der Waals surface area contributed by atoms with Crippen LogP contribution in [-0.2, 0) is 4.74 Å². The molecular formula is C9H15F2NO2. The normalized spacial score (nSPS) is 27.8. The van der Waals surface area contributed by atoms with E-state index < -0.39 is 24.7 Å². The Morgan fingerprint density at radius 1 is 1.71 bits per heavy atom. The van der Waals surface area contributed by atoms with Crippen molar-refractivity contribution < 1.29 is 18.6 Å². The standard InChI is InChI=1S/C9H15F2NO2/c1-6(7(2)13)12-4-8(14-3)9(10,11)5-12/h7-8,13H,1,4-5H2,2-3H3/t7-,8?/m0/s1. The zero-order valence-electron chi connectivity index (χ0n) is 8.33. The highest BCUT2D eigenvalue weighted by Crippen LogP contribution is 2.31. The molecule has 1 N–H and O–H groups in total. The Hall–Kier alpha value is -0.680. The Morgan fingerprint density at radius 2 is 2.29 bits per heavy atom. The second-order valence-electron chi connectivity index (χ2n) is 3.53. The molecule has 1 fully saturated rings. The van der Waals surface area contributed by atoms with Gasteiger partial charge in [-0.1, -0.05) is 6.58 Å². The second kappa shape index (κ2) is 3.82. The van der Waals surface area contributed by atoms with Gasteiger partial charge in [-0.15, -0.1) is 0 Å². The first-order chi connectivity index (χ1) is 6.38. The van der Waals surface area contributed by atoms with Crippen molar-refractivity contribution in [1.82, 2.24) is 4.90 Å². The van der Waals surface area contributed by atoms with E-state index in [4.69, 9.17) is 0 Å². The smallest absolute Gasteiger partial charge is 0.292 e. The Bertz CT molecular complexity index is 231. The van der Waals surface area contributed by atoms with Crippen molar-refractivity contribution in [3.63, 3.8) is 0 Å². The average Bonchev–Trinajstić information content (AvgIpc) is 2.39. The fourth-order valence-electron chi connectivity index (χ4n) is 1.48. The van der Waals surface area contributed by atoms with Gasteiger partial charge in [0.05, 0.1) is 19.2 Å². The molecule has 82 valence electrons. The van der Waals surface area contributed by atoms with E-state index in [-0.39, 0.29) is 6.54 Å². The van der Waals surface area contributed by atoms with Gasteiger partial charge in [-0.3, -0.25) is 0 Å². The molecule has 0 saturated carbocycles. The number of hydrogen-bond acceptors (Lipinski definition) is 3. The largest absolute Gasteiger partial charge is 0.387 e. The topological polar surface area (TPSA) is 32.7 Å². The number of hydrogen-bond donors (Lipinski definition) is 1. The summed E-state index contributed by atoms with van der Waals surface area (Å²) in [6, 6.07) is 0. The predicted octanol–water partition coefficient (Wildman–Crippen LogP) is 0.847. The van der Waals surface area contributed by atoms with Gasteiger partial charge in [0.2, 0.25) is 0 Å². The zero-order valence-corrected chi connectivity index (χ0v) is 8.33. The molecule has 2 atom stereocenters. The molecule has 1 unspecified atom stereocenters. The van der Waals surface area contributed by atoms with E-state index in [9.17, 15) is 13.9 Å². The molecule has 0 radical (unpaired) electrons. The maximum absolute atomic E-state index is 13.2. The summed E-state index contributed by atoms with van der Waals surface area (Å²) in [6.45, 7) is 4.70. The van der Waals surface area contributed by atoms with Crippen molar-refractivity contribution in [2.75, 3.05) is 20.2 Å². The molecule has 0 aromatic rings. The van der Waals surface area contributed by atoms with Crippen LogP contribution in [0, 0.1) is 0 Å². The Balaban J connectivity index is 2.67. The second-order valence-corrected chi connectivity index (χ2v) is 3.53. The molecule has 0 aromatic heterocycles. The van der Waals surface area contributed by atoms with E-state index in [0.29, 0.717) is 5.70 Å². The molecule has 3 nitrogen and oxygen atoms in total. The third kappa shape index (κ3) is 2.04. The van der Waals surface area contributed by atoms with Crippen LogP contribution in [0.2, 0.25) is 0 Å². The quantitative estimate of drug-likeness (QED) is 0.744. The SMILES string of the molecule is C=C([C@H](C)O)N1CC(OC)C(F)(F)C1. The lowest BCUT2D eigenvalue weighted by Crippen LogP contribution is -2.33. The van der Waals surface area contributed by atoms with Gasteiger partial charge in [-0.05, 0) is 6.92 Å². The summed E-state index contributed by atoms with van der Waals surface area (Å²) in [5.74, 6) is -2.87. The number of nitrogens with zero attached hydrogens (tertiary/aromatic N) is 1. The molecule has 0 aliphatic carbocycles. The molecule has 1 aliphatic rings. The van der Waals surface area contributed by atoms with Crippen molar-refractivity contribution in [3.05, 3.63) is 12.3 Å². The number of halogens is 2. The summed E-state index contributed by atoms with van der Waals surface area (Å²) >= 11 is 0. The fourth-order valence-corrected chi connectivity index (χ4v) is 1.48. The minimum Gasteiger partial charge on any atom is -0.387 e. The van der Waals surface area contributed by atoms with Crippen LogP contribution in [0.4, 0.5) is 8.78 Å². The van der Waals surface area contributed by atoms with E-state index in [1.165, 1.54) is 18.9 Å². The summed E-state index contributed by atoms with van der Waals surface area (Å²) in [7, 11) is 1.26. The molecule has 1 heterocycles. The van der Waals surface area contributed by atoms with Crippen LogP contribution in [0.15, 0.2) is 12.3 Å². The van der Waals surface area contributed by atoms with Gasteiger partial charge in [0.1, 0.15) is 6.10 Å². The lowest BCUT2D eigenvalue weighted by Gasteiger charge is -2.22. The van der Waals surface area contributed by atoms with Crippen LogP contribution in [0.1, 0.15) is 6.92 Å². The predicted molar refractivity (Wildman–Crippen MR) is 48.1 cm³/mol. The summed E-state index contributed by atoms with van der Waals surface area (Å²) < 4.78 is 31.1. The van der Waals surface area contributed by atoms with Gasteiger partial charge in [-0.2, -0.15) is 0 Å². The summed E-state index contributed by atoms with van der Waals surface area (Å²) in [5, 5.41) is 9.18. The zero-order chi connectivity index (χ0) is 10.9. The maximum atomic E-state index is 13.2. The first-order valence-electron chi connectivity index (χ1n) is 4.41. The third-order valence-electron chi connectivity index (χ3n) is 2.43. The molecule has 1 saturated heterocycles. The monoisotopic (exact) mass is 207 g/mol. The molecule has 0 bridgehead atoms. The molecule has 0 aromatic carbocycles. The molecule has 14 heavy (non-hydrogen) atoms. The first-order valence-corrected chi connectivity index (χ1v) is 4.41. The average molecular weight is 207 g/mol. The molecule has 1 aliphatic heterocycles. The Kier molecular flexibility index (Phi) is 3.11. The van der Waals surface area contributed by atoms with Crippen LogP contribution in [0.25, 0.3) is 0 Å². The number of methoxy groups -OCH3 is 1. The van der Waals surface area contributed by atoms with Crippen molar-refractivity contribution in [3.8, 4) is 0 Å². The molecule has 0 amide bonds. The van der Waals surface area contributed by atoms with E-state index >= 15 is 0 Å². The number of aliphatic hydroxyl groups is 1. The highest BCUT2D eigenvalue weighted by Gasteiger charge is 2.49. The van der Waals surface area contributed by atoms with E-state index in [1.807, 2.05) is 0 Å². The molecular weight excluding hydrogens is 192 g/mol. The highest BCUT2D eigenvalue weighted by molar-refractivity contribution is 5.06. The summed E-state index contributed by atoms with van der Waals surface area (Å²) in [4.78, 5) is 1.36. The van der Waals surface area contributed by atoms with Gasteiger partial charge >= 0.3 is 0 Å². The van der Waals surface area contributed by atoms with Crippen LogP contribution >= 0.6 is 0 Å². The first kappa shape index (κ1) is 11.4. The molecule has 1 rings (SSSR count). The summed E-state index contributed by atoms with van der Waals surface area (Å²) in [5.41, 5.74) is 0.309. The lowest BCUT2D eigenvalue weighted by molar-refractivity contribution is -0.0898. The molecule has 5 heteroatoms. The van der Waals surface area contributed by atoms with Gasteiger partial charge in [0.15, 0.2) is 0 Å². The lowest BCUT2D eigenvalue weighted by atomic mass is 10.2. The van der Waals surface area contributed by atoms with Crippen molar-refractivity contribution >= 4 is 0 Å². The van der Waals surface area contributed by atoms with Crippen LogP contribution in [0.5, 0.6) is 0 Å². The third-order valence-corrected chi connectivity index (χ3v) is 2.43. The van der Waals surface area contributed by atoms with Gasteiger partial charge in [0.25, 0.3) is 5.92 Å². The van der Waals surface area contributed by atoms with E-state index in [0.717, 1.165) is 0 Å². The van der Waals surface area contributed by atoms with Crippen molar-refractivity contribution in [2.24, 2.45) is 0 Å². The number of aliphatic hydroxyl groups excluding tert-OH is 1. The number of rotatable bonds is 3. The van der Waals surface area contributed by atoms with E-state index in [2.05, 4.69) is 11.3 Å². The minimum absolute atomic E-state index is 0.0766. The van der Waals surface area contributed by atoms with Crippen molar-refractivity contribution in [2.45, 2.75) is 25.1 Å². The van der Waals surface area contributed by atoms with Gasteiger partial charge in [0, 0.05) is 12.8 Å². The maximum Gasteiger partial charge on any atom is 0.292 e. The Morgan fingerprint density at radius 3 is 2.64 bits per heavy atom. The Labute approximate surface area is 82.0 Å². The van der Waals surface area contributed by atoms with Crippen LogP contribution in [0.3, 0.4) is 0 Å². The fraction of sp³-hybridized carbons (Fsp3) is 0.778. The van der Waals surface area contributed by atoms with Gasteiger partial charge < -0.3 is 14.7 Å². The van der Waals surface area contributed by atoms with Crippen LogP contribution < -0.4 is 0 Å². The van der Waals surface area contributed by atoms with Gasteiger partial charge in [-0.25, -0.2) is 8.78 Å². The highest BCUT2D eigenvalue weighted by atomic mass is 19.3. The van der Waals surface area contributed by atoms with Crippen molar-refractivity contribution in [1.29, 1.82) is 0 Å².